The van der Waals surface area contributed by atoms with E-state index in [2.05, 4.69) is 32.3 Å². The second-order valence-corrected chi connectivity index (χ2v) is 11.7. The maximum absolute atomic E-state index is 12.2. The third-order valence-electron chi connectivity index (χ3n) is 5.47. The molecule has 0 unspecified atom stereocenters. The van der Waals surface area contributed by atoms with Crippen molar-refractivity contribution < 1.29 is 17.9 Å². The molecule has 10 nitrogen and oxygen atoms in total. The van der Waals surface area contributed by atoms with Gasteiger partial charge in [0.05, 0.1) is 42.0 Å². The van der Waals surface area contributed by atoms with E-state index in [1.54, 1.807) is 26.2 Å². The summed E-state index contributed by atoms with van der Waals surface area (Å²) in [6.45, 7) is 7.34. The number of nitrogens with zero attached hydrogens (tertiary/aromatic N) is 4. The van der Waals surface area contributed by atoms with Gasteiger partial charge in [0.1, 0.15) is 0 Å². The van der Waals surface area contributed by atoms with E-state index in [1.807, 2.05) is 13.0 Å². The number of rotatable bonds is 8. The number of anilines is 3. The van der Waals surface area contributed by atoms with Crippen molar-refractivity contribution in [3.63, 3.8) is 0 Å². The van der Waals surface area contributed by atoms with Gasteiger partial charge >= 0.3 is 0 Å². The Kier molecular flexibility index (Phi) is 7.74. The lowest BCUT2D eigenvalue weighted by Gasteiger charge is -2.35. The first-order valence-electron chi connectivity index (χ1n) is 11.0. The topological polar surface area (TPSA) is 122 Å². The Balaban J connectivity index is 1.76. The molecule has 0 bridgehead atoms. The average molecular weight is 539 g/mol. The van der Waals surface area contributed by atoms with Crippen molar-refractivity contribution in [2.75, 3.05) is 42.8 Å². The molecule has 1 fully saturated rings. The van der Waals surface area contributed by atoms with Crippen LogP contribution in [0.15, 0.2) is 39.2 Å². The number of nitrogens with one attached hydrogen (secondary N) is 2. The quantitative estimate of drug-likeness (QED) is 0.405. The highest BCUT2D eigenvalue weighted by Crippen LogP contribution is 2.40. The molecule has 0 aliphatic carbocycles. The Morgan fingerprint density at radius 3 is 2.77 bits per heavy atom. The Morgan fingerprint density at radius 1 is 1.34 bits per heavy atom. The highest BCUT2D eigenvalue weighted by Gasteiger charge is 2.27. The molecule has 1 aliphatic rings. The van der Waals surface area contributed by atoms with Gasteiger partial charge in [-0.15, -0.1) is 0 Å². The first kappa shape index (κ1) is 25.5. The van der Waals surface area contributed by atoms with Crippen LogP contribution in [0.2, 0.25) is 5.02 Å². The lowest BCUT2D eigenvalue weighted by Crippen LogP contribution is -2.44. The Bertz CT molecular complexity index is 1320. The fraction of sp³-hybridized carbons (Fsp3) is 0.409. The molecular weight excluding hydrogens is 512 g/mol. The van der Waals surface area contributed by atoms with E-state index in [9.17, 15) is 8.42 Å². The van der Waals surface area contributed by atoms with Crippen LogP contribution in [0.3, 0.4) is 0 Å². The number of aromatic amines is 1. The number of sulfone groups is 1. The van der Waals surface area contributed by atoms with Gasteiger partial charge in [-0.2, -0.15) is 5.10 Å². The number of hydrogen-bond acceptors (Lipinski definition) is 10. The van der Waals surface area contributed by atoms with Crippen molar-refractivity contribution >= 4 is 50.7 Å². The van der Waals surface area contributed by atoms with E-state index in [0.29, 0.717) is 58.0 Å². The Morgan fingerprint density at radius 2 is 2.14 bits per heavy atom. The summed E-state index contributed by atoms with van der Waals surface area (Å²) in [5.41, 5.74) is 0.894. The van der Waals surface area contributed by atoms with E-state index in [-0.39, 0.29) is 16.7 Å². The molecule has 13 heteroatoms. The standard InChI is InChI=1S/C22H27ClN6O4S2/c1-5-35(30,31)15-6-7-17(16(23)11-15)34-22-25-20(24-18-10-13(2)27-28-18)19(32-4)21(26-22)29-8-9-33-12-14(29)3/h6-7,10-11,14H,5,8-9,12H2,1-4H3,(H2,24,25,26,27,28)/t14-/m0/s1. The van der Waals surface area contributed by atoms with Gasteiger partial charge in [-0.25, -0.2) is 18.4 Å². The van der Waals surface area contributed by atoms with E-state index in [0.717, 1.165) is 5.69 Å². The van der Waals surface area contributed by atoms with Gasteiger partial charge in [-0.1, -0.05) is 18.5 Å². The van der Waals surface area contributed by atoms with Gasteiger partial charge in [0.25, 0.3) is 0 Å². The maximum atomic E-state index is 12.2. The van der Waals surface area contributed by atoms with Crippen LogP contribution < -0.4 is 15.0 Å². The zero-order chi connectivity index (χ0) is 25.2. The molecule has 1 saturated heterocycles. The first-order chi connectivity index (χ1) is 16.7. The summed E-state index contributed by atoms with van der Waals surface area (Å²) >= 11 is 7.70. The second-order valence-electron chi connectivity index (χ2n) is 7.99. The third-order valence-corrected chi connectivity index (χ3v) is 8.57. The summed E-state index contributed by atoms with van der Waals surface area (Å²) in [6.07, 6.45) is 0. The number of halogens is 1. The third kappa shape index (κ3) is 5.66. The molecule has 4 rings (SSSR count). The molecule has 2 N–H and O–H groups in total. The van der Waals surface area contributed by atoms with Crippen molar-refractivity contribution in [2.45, 2.75) is 41.8 Å². The molecule has 1 aromatic carbocycles. The van der Waals surface area contributed by atoms with E-state index in [1.165, 1.54) is 17.8 Å². The first-order valence-corrected chi connectivity index (χ1v) is 13.9. The fourth-order valence-corrected chi connectivity index (χ4v) is 5.62. The second kappa shape index (κ2) is 10.6. The minimum absolute atomic E-state index is 0.000195. The molecule has 35 heavy (non-hydrogen) atoms. The van der Waals surface area contributed by atoms with Crippen LogP contribution in [0, 0.1) is 6.92 Å². The number of aromatic nitrogens is 4. The molecule has 188 valence electrons. The Hall–Kier alpha value is -2.54. The zero-order valence-electron chi connectivity index (χ0n) is 19.8. The number of ether oxygens (including phenoxy) is 2. The van der Waals surface area contributed by atoms with Crippen molar-refractivity contribution in [3.8, 4) is 5.75 Å². The highest BCUT2D eigenvalue weighted by atomic mass is 35.5. The van der Waals surface area contributed by atoms with Crippen molar-refractivity contribution in [1.82, 2.24) is 20.2 Å². The number of H-pyrrole nitrogens is 1. The van der Waals surface area contributed by atoms with Gasteiger partial charge in [0, 0.05) is 23.2 Å². The van der Waals surface area contributed by atoms with Crippen LogP contribution in [0.25, 0.3) is 0 Å². The normalized spacial score (nSPS) is 16.4. The minimum Gasteiger partial charge on any atom is -0.490 e. The molecule has 1 aliphatic heterocycles. The van der Waals surface area contributed by atoms with E-state index < -0.39 is 9.84 Å². The molecule has 0 amide bonds. The summed E-state index contributed by atoms with van der Waals surface area (Å²) in [7, 11) is -1.79. The molecule has 2 aromatic heterocycles. The zero-order valence-corrected chi connectivity index (χ0v) is 22.2. The lowest BCUT2D eigenvalue weighted by molar-refractivity contribution is 0.0981. The van der Waals surface area contributed by atoms with Crippen LogP contribution in [0.1, 0.15) is 19.5 Å². The molecular formula is C22H27ClN6O4S2. The van der Waals surface area contributed by atoms with Crippen LogP contribution in [0.4, 0.5) is 17.5 Å². The summed E-state index contributed by atoms with van der Waals surface area (Å²) in [4.78, 5) is 12.4. The number of methoxy groups -OCH3 is 1. The van der Waals surface area contributed by atoms with Crippen molar-refractivity contribution in [3.05, 3.63) is 35.0 Å². The number of benzene rings is 1. The molecule has 0 saturated carbocycles. The van der Waals surface area contributed by atoms with Crippen molar-refractivity contribution in [1.29, 1.82) is 0 Å². The van der Waals surface area contributed by atoms with Crippen LogP contribution in [-0.2, 0) is 14.6 Å². The number of aryl methyl sites for hydroxylation is 1. The highest BCUT2D eigenvalue weighted by molar-refractivity contribution is 7.99. The van der Waals surface area contributed by atoms with Gasteiger partial charge < -0.3 is 19.7 Å². The molecule has 0 radical (unpaired) electrons. The van der Waals surface area contributed by atoms with Crippen LogP contribution in [-0.4, -0.2) is 67.2 Å². The summed E-state index contributed by atoms with van der Waals surface area (Å²) in [5, 5.41) is 11.1. The summed E-state index contributed by atoms with van der Waals surface area (Å²) in [6, 6.07) is 6.61. The summed E-state index contributed by atoms with van der Waals surface area (Å²) < 4.78 is 35.8. The maximum Gasteiger partial charge on any atom is 0.204 e. The molecule has 0 spiro atoms. The van der Waals surface area contributed by atoms with E-state index in [4.69, 9.17) is 26.1 Å². The van der Waals surface area contributed by atoms with Gasteiger partial charge in [-0.05, 0) is 43.8 Å². The predicted octanol–water partition coefficient (Wildman–Crippen LogP) is 4.08. The van der Waals surface area contributed by atoms with Crippen molar-refractivity contribution in [2.24, 2.45) is 0 Å². The SMILES string of the molecule is CCS(=O)(=O)c1ccc(Sc2nc(Nc3cc(C)[nH]n3)c(OC)c(N3CCOC[C@@H]3C)n2)c(Cl)c1. The number of hydrogen-bond donors (Lipinski definition) is 2. The fourth-order valence-electron chi connectivity index (χ4n) is 3.60. The Labute approximate surface area is 213 Å². The van der Waals surface area contributed by atoms with E-state index >= 15 is 0 Å². The summed E-state index contributed by atoms with van der Waals surface area (Å²) in [5.74, 6) is 2.14. The largest absolute Gasteiger partial charge is 0.490 e. The minimum atomic E-state index is -3.37. The predicted molar refractivity (Wildman–Crippen MR) is 136 cm³/mol. The smallest absolute Gasteiger partial charge is 0.204 e. The monoisotopic (exact) mass is 538 g/mol. The van der Waals surface area contributed by atoms with Gasteiger partial charge in [0.2, 0.25) is 5.75 Å². The molecule has 3 aromatic rings. The van der Waals surface area contributed by atoms with Crippen LogP contribution >= 0.6 is 23.4 Å². The van der Waals surface area contributed by atoms with Crippen LogP contribution in [0.5, 0.6) is 5.75 Å². The lowest BCUT2D eigenvalue weighted by atomic mass is 10.2. The average Bonchev–Trinajstić information content (AvgIpc) is 3.24. The van der Waals surface area contributed by atoms with Gasteiger partial charge in [0.15, 0.2) is 32.4 Å². The number of morpholine rings is 1. The molecule has 3 heterocycles. The molecule has 1 atom stereocenters. The van der Waals surface area contributed by atoms with Gasteiger partial charge in [-0.3, -0.25) is 5.10 Å².